The highest BCUT2D eigenvalue weighted by atomic mass is 19.1. The predicted octanol–water partition coefficient (Wildman–Crippen LogP) is 3.47. The molecule has 0 spiro atoms. The van der Waals surface area contributed by atoms with E-state index in [1.54, 1.807) is 36.3 Å². The van der Waals surface area contributed by atoms with Crippen LogP contribution in [0, 0.1) is 12.7 Å². The zero-order valence-corrected chi connectivity index (χ0v) is 17.5. The zero-order valence-electron chi connectivity index (χ0n) is 17.5. The lowest BCUT2D eigenvalue weighted by molar-refractivity contribution is 0.379. The molecule has 0 saturated heterocycles. The van der Waals surface area contributed by atoms with Crippen LogP contribution in [0.4, 0.5) is 4.39 Å². The smallest absolute Gasteiger partial charge is 0.213 e. The molecule has 29 heavy (non-hydrogen) atoms. The molecule has 8 heteroatoms. The summed E-state index contributed by atoms with van der Waals surface area (Å²) in [5, 5.41) is 6.32. The topological polar surface area (TPSA) is 80.3 Å². The number of imidazole rings is 1. The van der Waals surface area contributed by atoms with Gasteiger partial charge in [0.1, 0.15) is 17.4 Å². The average molecular weight is 398 g/mol. The van der Waals surface area contributed by atoms with Crippen molar-refractivity contribution in [2.75, 3.05) is 7.05 Å². The van der Waals surface area contributed by atoms with E-state index in [4.69, 9.17) is 4.42 Å². The first-order chi connectivity index (χ1) is 13.8. The molecule has 2 aromatic heterocycles. The third-order valence-electron chi connectivity index (χ3n) is 4.48. The normalized spacial score (nSPS) is 12.3. The molecule has 2 N–H and O–H groups in total. The number of aryl methyl sites for hydroxylation is 1. The number of guanidine groups is 1. The van der Waals surface area contributed by atoms with Crippen molar-refractivity contribution >= 4 is 5.96 Å². The second-order valence-electron chi connectivity index (χ2n) is 7.78. The molecule has 2 heterocycles. The molecule has 3 rings (SSSR count). The van der Waals surface area contributed by atoms with E-state index >= 15 is 0 Å². The Morgan fingerprint density at radius 2 is 1.97 bits per heavy atom. The van der Waals surface area contributed by atoms with Crippen molar-refractivity contribution in [3.8, 4) is 5.69 Å². The van der Waals surface area contributed by atoms with Crippen molar-refractivity contribution in [3.63, 3.8) is 0 Å². The van der Waals surface area contributed by atoms with E-state index in [0.717, 1.165) is 17.1 Å². The molecule has 0 fully saturated rings. The van der Waals surface area contributed by atoms with Gasteiger partial charge in [0.05, 0.1) is 18.4 Å². The Kier molecular flexibility index (Phi) is 6.00. The van der Waals surface area contributed by atoms with Gasteiger partial charge in [-0.1, -0.05) is 26.8 Å². The first-order valence-corrected chi connectivity index (χ1v) is 9.46. The number of aliphatic imine (C=N–C) groups is 1. The Morgan fingerprint density at radius 1 is 1.21 bits per heavy atom. The van der Waals surface area contributed by atoms with E-state index < -0.39 is 0 Å². The maximum Gasteiger partial charge on any atom is 0.213 e. The molecular weight excluding hydrogens is 371 g/mol. The summed E-state index contributed by atoms with van der Waals surface area (Å²) in [4.78, 5) is 12.6. The van der Waals surface area contributed by atoms with Crippen molar-refractivity contribution in [1.29, 1.82) is 0 Å². The lowest BCUT2D eigenvalue weighted by Gasteiger charge is -2.14. The zero-order chi connectivity index (χ0) is 21.0. The second-order valence-corrected chi connectivity index (χ2v) is 7.78. The molecule has 7 nitrogen and oxygen atoms in total. The summed E-state index contributed by atoms with van der Waals surface area (Å²) in [6.07, 6.45) is 5.14. The quantitative estimate of drug-likeness (QED) is 0.508. The fourth-order valence-corrected chi connectivity index (χ4v) is 2.79. The summed E-state index contributed by atoms with van der Waals surface area (Å²) < 4.78 is 22.0. The summed E-state index contributed by atoms with van der Waals surface area (Å²) in [6, 6.07) is 5.14. The summed E-state index contributed by atoms with van der Waals surface area (Å²) in [5.74, 6) is 2.43. The number of nitrogens with one attached hydrogen (secondary N) is 2. The molecular formula is C21H27FN6O. The monoisotopic (exact) mass is 398 g/mol. The number of aromatic nitrogens is 3. The summed E-state index contributed by atoms with van der Waals surface area (Å²) in [6.45, 7) is 8.89. The Hall–Kier alpha value is -3.16. The number of nitrogens with zero attached hydrogens (tertiary/aromatic N) is 4. The Bertz CT molecular complexity index is 999. The fourth-order valence-electron chi connectivity index (χ4n) is 2.79. The highest BCUT2D eigenvalue weighted by Gasteiger charge is 2.19. The molecule has 0 unspecified atom stereocenters. The molecule has 0 aliphatic heterocycles. The van der Waals surface area contributed by atoms with Gasteiger partial charge in [0, 0.05) is 31.4 Å². The highest BCUT2D eigenvalue weighted by Crippen LogP contribution is 2.22. The van der Waals surface area contributed by atoms with Crippen molar-refractivity contribution in [2.45, 2.75) is 46.2 Å². The fraction of sp³-hybridized carbons (Fsp3) is 0.381. The first kappa shape index (κ1) is 20.6. The largest absolute Gasteiger partial charge is 0.443 e. The number of benzene rings is 1. The van der Waals surface area contributed by atoms with Crippen LogP contribution in [0.2, 0.25) is 0 Å². The van der Waals surface area contributed by atoms with Gasteiger partial charge in [-0.05, 0) is 24.6 Å². The number of rotatable bonds is 5. The number of halogens is 1. The minimum Gasteiger partial charge on any atom is -0.443 e. The first-order valence-electron chi connectivity index (χ1n) is 9.46. The third-order valence-corrected chi connectivity index (χ3v) is 4.48. The van der Waals surface area contributed by atoms with Gasteiger partial charge in [0.25, 0.3) is 0 Å². The molecule has 3 aromatic rings. The van der Waals surface area contributed by atoms with E-state index in [-0.39, 0.29) is 11.2 Å². The summed E-state index contributed by atoms with van der Waals surface area (Å²) in [5.41, 5.74) is 1.19. The minimum absolute atomic E-state index is 0.0866. The summed E-state index contributed by atoms with van der Waals surface area (Å²) >= 11 is 0. The molecule has 0 aliphatic rings. The van der Waals surface area contributed by atoms with Gasteiger partial charge in [-0.15, -0.1) is 0 Å². The van der Waals surface area contributed by atoms with E-state index in [1.807, 2.05) is 13.0 Å². The average Bonchev–Trinajstić information content (AvgIpc) is 3.31. The number of oxazole rings is 1. The molecule has 0 saturated carbocycles. The number of hydrogen-bond acceptors (Lipinski definition) is 4. The van der Waals surface area contributed by atoms with Gasteiger partial charge in [0.15, 0.2) is 5.96 Å². The van der Waals surface area contributed by atoms with Crippen LogP contribution in [0.3, 0.4) is 0 Å². The standard InChI is InChI=1S/C21H27FN6O/c1-14-24-8-9-28(14)17-7-6-15(10-16(17)22)11-26-20(23-5)27-13-19-25-12-18(29-19)21(2,3)4/h6-10,12H,11,13H2,1-5H3,(H2,23,26,27). The molecule has 0 atom stereocenters. The molecule has 0 amide bonds. The van der Waals surface area contributed by atoms with Gasteiger partial charge in [-0.25, -0.2) is 14.4 Å². The molecule has 1 aromatic carbocycles. The maximum atomic E-state index is 14.5. The highest BCUT2D eigenvalue weighted by molar-refractivity contribution is 5.79. The van der Waals surface area contributed by atoms with Crippen LogP contribution in [-0.4, -0.2) is 27.5 Å². The van der Waals surface area contributed by atoms with Crippen LogP contribution in [0.1, 0.15) is 43.8 Å². The van der Waals surface area contributed by atoms with Crippen LogP contribution in [0.25, 0.3) is 5.69 Å². The van der Waals surface area contributed by atoms with Crippen LogP contribution >= 0.6 is 0 Å². The Labute approximate surface area is 170 Å². The predicted molar refractivity (Wildman–Crippen MR) is 111 cm³/mol. The van der Waals surface area contributed by atoms with Crippen LogP contribution in [0.15, 0.2) is 46.2 Å². The van der Waals surface area contributed by atoms with Crippen LogP contribution in [0.5, 0.6) is 0 Å². The molecule has 0 aliphatic carbocycles. The molecule has 0 bridgehead atoms. The van der Waals surface area contributed by atoms with E-state index in [1.165, 1.54) is 6.07 Å². The third kappa shape index (κ3) is 5.01. The summed E-state index contributed by atoms with van der Waals surface area (Å²) in [7, 11) is 1.68. The van der Waals surface area contributed by atoms with Gasteiger partial charge in [0.2, 0.25) is 5.89 Å². The van der Waals surface area contributed by atoms with Crippen LogP contribution in [-0.2, 0) is 18.5 Å². The van der Waals surface area contributed by atoms with Crippen molar-refractivity contribution in [1.82, 2.24) is 25.2 Å². The van der Waals surface area contributed by atoms with Crippen molar-refractivity contribution in [2.24, 2.45) is 4.99 Å². The molecule has 0 radical (unpaired) electrons. The van der Waals surface area contributed by atoms with Crippen molar-refractivity contribution < 1.29 is 8.81 Å². The SMILES string of the molecule is CN=C(NCc1ccc(-n2ccnc2C)c(F)c1)NCc1ncc(C(C)(C)C)o1. The van der Waals surface area contributed by atoms with E-state index in [2.05, 4.69) is 46.4 Å². The van der Waals surface area contributed by atoms with E-state index in [0.29, 0.717) is 30.6 Å². The second kappa shape index (κ2) is 8.46. The molecule has 154 valence electrons. The van der Waals surface area contributed by atoms with Gasteiger partial charge >= 0.3 is 0 Å². The maximum absolute atomic E-state index is 14.5. The Balaban J connectivity index is 1.57. The van der Waals surface area contributed by atoms with Crippen molar-refractivity contribution in [3.05, 3.63) is 65.6 Å². The van der Waals surface area contributed by atoms with Crippen LogP contribution < -0.4 is 10.6 Å². The van der Waals surface area contributed by atoms with Gasteiger partial charge in [-0.3, -0.25) is 4.99 Å². The minimum atomic E-state index is -0.303. The van der Waals surface area contributed by atoms with Gasteiger partial charge < -0.3 is 19.6 Å². The van der Waals surface area contributed by atoms with E-state index in [9.17, 15) is 4.39 Å². The lowest BCUT2D eigenvalue weighted by atomic mass is 9.94. The van der Waals surface area contributed by atoms with Gasteiger partial charge in [-0.2, -0.15) is 0 Å². The lowest BCUT2D eigenvalue weighted by Crippen LogP contribution is -2.36. The number of hydrogen-bond donors (Lipinski definition) is 2. The Morgan fingerprint density at radius 3 is 2.55 bits per heavy atom.